The summed E-state index contributed by atoms with van der Waals surface area (Å²) >= 11 is 0. The molecule has 1 aliphatic rings. The molecule has 2 amide bonds. The number of nitrogens with one attached hydrogen (secondary N) is 1. The van der Waals surface area contributed by atoms with Crippen molar-refractivity contribution in [3.05, 3.63) is 35.7 Å². The molecule has 3 heterocycles. The van der Waals surface area contributed by atoms with Gasteiger partial charge in [-0.15, -0.1) is 0 Å². The van der Waals surface area contributed by atoms with Gasteiger partial charge in [0.25, 0.3) is 0 Å². The Balaban J connectivity index is 1.55. The number of amides is 2. The fourth-order valence-corrected chi connectivity index (χ4v) is 2.87. The molecule has 2 aromatic heterocycles. The molecule has 0 aromatic carbocycles. The van der Waals surface area contributed by atoms with Gasteiger partial charge in [-0.3, -0.25) is 4.98 Å². The SMILES string of the molecule is Cc1nc2n(n1)CCN(C(=O)NCc1ccncc1OCCC(C)(C)C)C2. The van der Waals surface area contributed by atoms with Gasteiger partial charge in [-0.05, 0) is 24.8 Å². The third kappa shape index (κ3) is 5.18. The number of rotatable bonds is 5. The van der Waals surface area contributed by atoms with Crippen molar-refractivity contribution in [2.45, 2.75) is 53.8 Å². The van der Waals surface area contributed by atoms with Gasteiger partial charge in [-0.2, -0.15) is 5.10 Å². The standard InChI is InChI=1S/C19H28N6O2/c1-14-22-17-13-24(8-9-25(17)23-14)18(26)21-11-15-5-7-20-12-16(15)27-10-6-19(2,3)4/h5,7,12H,6,8-11,13H2,1-4H3,(H,21,26). The number of carbonyl (C=O) groups excluding carboxylic acids is 1. The lowest BCUT2D eigenvalue weighted by Gasteiger charge is -2.27. The van der Waals surface area contributed by atoms with Gasteiger partial charge < -0.3 is 15.0 Å². The lowest BCUT2D eigenvalue weighted by atomic mass is 9.93. The quantitative estimate of drug-likeness (QED) is 0.872. The Hall–Kier alpha value is -2.64. The first-order valence-corrected chi connectivity index (χ1v) is 9.30. The summed E-state index contributed by atoms with van der Waals surface area (Å²) in [5, 5.41) is 7.29. The Labute approximate surface area is 159 Å². The van der Waals surface area contributed by atoms with E-state index in [1.54, 1.807) is 17.3 Å². The molecule has 1 N–H and O–H groups in total. The summed E-state index contributed by atoms with van der Waals surface area (Å²) in [6.45, 7) is 11.2. The van der Waals surface area contributed by atoms with Crippen LogP contribution in [0.2, 0.25) is 0 Å². The van der Waals surface area contributed by atoms with Gasteiger partial charge in [-0.1, -0.05) is 20.8 Å². The van der Waals surface area contributed by atoms with Crippen molar-refractivity contribution in [2.75, 3.05) is 13.2 Å². The number of aryl methyl sites for hydroxylation is 1. The molecule has 3 rings (SSSR count). The van der Waals surface area contributed by atoms with E-state index in [1.807, 2.05) is 17.7 Å². The number of pyridine rings is 1. The molecule has 1 aliphatic heterocycles. The Morgan fingerprint density at radius 3 is 2.93 bits per heavy atom. The maximum Gasteiger partial charge on any atom is 0.318 e. The summed E-state index contributed by atoms with van der Waals surface area (Å²) in [5.74, 6) is 2.28. The Bertz CT molecular complexity index is 796. The second kappa shape index (κ2) is 7.94. The summed E-state index contributed by atoms with van der Waals surface area (Å²) in [7, 11) is 0. The van der Waals surface area contributed by atoms with Crippen LogP contribution in [0.15, 0.2) is 18.5 Å². The molecule has 0 bridgehead atoms. The van der Waals surface area contributed by atoms with E-state index in [0.29, 0.717) is 32.8 Å². The Morgan fingerprint density at radius 1 is 1.33 bits per heavy atom. The minimum absolute atomic E-state index is 0.112. The lowest BCUT2D eigenvalue weighted by molar-refractivity contribution is 0.179. The number of hydrogen-bond donors (Lipinski definition) is 1. The van der Waals surface area contributed by atoms with Crippen molar-refractivity contribution in [1.29, 1.82) is 0 Å². The van der Waals surface area contributed by atoms with Crippen LogP contribution in [0.1, 0.15) is 44.4 Å². The molecule has 0 saturated carbocycles. The van der Waals surface area contributed by atoms with Crippen LogP contribution in [0, 0.1) is 12.3 Å². The average molecular weight is 372 g/mol. The monoisotopic (exact) mass is 372 g/mol. The first-order chi connectivity index (χ1) is 12.8. The number of aromatic nitrogens is 4. The maximum atomic E-state index is 12.5. The van der Waals surface area contributed by atoms with Gasteiger partial charge >= 0.3 is 6.03 Å². The van der Waals surface area contributed by atoms with E-state index in [2.05, 4.69) is 41.2 Å². The van der Waals surface area contributed by atoms with Gasteiger partial charge in [-0.25, -0.2) is 14.5 Å². The zero-order chi connectivity index (χ0) is 19.4. The summed E-state index contributed by atoms with van der Waals surface area (Å²) < 4.78 is 7.76. The second-order valence-corrected chi connectivity index (χ2v) is 8.02. The van der Waals surface area contributed by atoms with Crippen LogP contribution >= 0.6 is 0 Å². The summed E-state index contributed by atoms with van der Waals surface area (Å²) in [6.07, 6.45) is 4.36. The number of fused-ring (bicyclic) bond motifs is 1. The third-order valence-electron chi connectivity index (χ3n) is 4.47. The molecule has 146 valence electrons. The second-order valence-electron chi connectivity index (χ2n) is 8.02. The van der Waals surface area contributed by atoms with Crippen molar-refractivity contribution in [2.24, 2.45) is 5.41 Å². The first kappa shape index (κ1) is 19.1. The van der Waals surface area contributed by atoms with E-state index in [1.165, 1.54) is 0 Å². The molecular weight excluding hydrogens is 344 g/mol. The predicted molar refractivity (Wildman–Crippen MR) is 101 cm³/mol. The van der Waals surface area contributed by atoms with Crippen LogP contribution in [0.25, 0.3) is 0 Å². The topological polar surface area (TPSA) is 85.2 Å². The number of urea groups is 1. The first-order valence-electron chi connectivity index (χ1n) is 9.30. The van der Waals surface area contributed by atoms with E-state index in [0.717, 1.165) is 29.4 Å². The third-order valence-corrected chi connectivity index (χ3v) is 4.47. The molecular formula is C19H28N6O2. The molecule has 8 heteroatoms. The van der Waals surface area contributed by atoms with Crippen molar-refractivity contribution < 1.29 is 9.53 Å². The molecule has 0 spiro atoms. The maximum absolute atomic E-state index is 12.5. The number of ether oxygens (including phenoxy) is 1. The molecule has 0 saturated heterocycles. The zero-order valence-electron chi connectivity index (χ0n) is 16.5. The lowest BCUT2D eigenvalue weighted by Crippen LogP contribution is -2.44. The fourth-order valence-electron chi connectivity index (χ4n) is 2.87. The molecule has 0 atom stereocenters. The van der Waals surface area contributed by atoms with Crippen LogP contribution in [0.4, 0.5) is 4.79 Å². The molecule has 2 aromatic rings. The van der Waals surface area contributed by atoms with Crippen molar-refractivity contribution in [3.63, 3.8) is 0 Å². The average Bonchev–Trinajstić information content (AvgIpc) is 2.98. The Morgan fingerprint density at radius 2 is 2.15 bits per heavy atom. The van der Waals surface area contributed by atoms with Crippen LogP contribution in [0.3, 0.4) is 0 Å². The van der Waals surface area contributed by atoms with Crippen molar-refractivity contribution in [3.8, 4) is 5.75 Å². The Kier molecular flexibility index (Phi) is 5.62. The van der Waals surface area contributed by atoms with Crippen molar-refractivity contribution in [1.82, 2.24) is 30.0 Å². The van der Waals surface area contributed by atoms with E-state index in [9.17, 15) is 4.79 Å². The van der Waals surface area contributed by atoms with E-state index in [4.69, 9.17) is 4.74 Å². The zero-order valence-corrected chi connectivity index (χ0v) is 16.5. The highest BCUT2D eigenvalue weighted by Crippen LogP contribution is 2.21. The van der Waals surface area contributed by atoms with E-state index in [-0.39, 0.29) is 11.4 Å². The van der Waals surface area contributed by atoms with Gasteiger partial charge in [0.05, 0.1) is 25.9 Å². The highest BCUT2D eigenvalue weighted by molar-refractivity contribution is 5.74. The largest absolute Gasteiger partial charge is 0.492 e. The van der Waals surface area contributed by atoms with Gasteiger partial charge in [0.1, 0.15) is 17.4 Å². The summed E-state index contributed by atoms with van der Waals surface area (Å²) in [4.78, 5) is 22.8. The van der Waals surface area contributed by atoms with Crippen LogP contribution in [-0.4, -0.2) is 43.8 Å². The number of carbonyl (C=O) groups is 1. The molecule has 8 nitrogen and oxygen atoms in total. The summed E-state index contributed by atoms with van der Waals surface area (Å²) in [6, 6.07) is 1.77. The van der Waals surface area contributed by atoms with Gasteiger partial charge in [0.15, 0.2) is 0 Å². The molecule has 0 aliphatic carbocycles. The highest BCUT2D eigenvalue weighted by atomic mass is 16.5. The summed E-state index contributed by atoms with van der Waals surface area (Å²) in [5.41, 5.74) is 1.13. The van der Waals surface area contributed by atoms with Crippen LogP contribution < -0.4 is 10.1 Å². The molecule has 0 fully saturated rings. The van der Waals surface area contributed by atoms with Crippen LogP contribution in [-0.2, 0) is 19.6 Å². The normalized spacial score (nSPS) is 14.0. The molecule has 0 radical (unpaired) electrons. The van der Waals surface area contributed by atoms with E-state index >= 15 is 0 Å². The predicted octanol–water partition coefficient (Wildman–Crippen LogP) is 2.52. The minimum Gasteiger partial charge on any atom is -0.492 e. The van der Waals surface area contributed by atoms with E-state index < -0.39 is 0 Å². The minimum atomic E-state index is -0.112. The fraction of sp³-hybridized carbons (Fsp3) is 0.579. The smallest absolute Gasteiger partial charge is 0.318 e. The molecule has 0 unspecified atom stereocenters. The van der Waals surface area contributed by atoms with Gasteiger partial charge in [0.2, 0.25) is 0 Å². The molecule has 27 heavy (non-hydrogen) atoms. The van der Waals surface area contributed by atoms with Crippen molar-refractivity contribution >= 4 is 6.03 Å². The highest BCUT2D eigenvalue weighted by Gasteiger charge is 2.23. The number of hydrogen-bond acceptors (Lipinski definition) is 5. The van der Waals surface area contributed by atoms with Crippen LogP contribution in [0.5, 0.6) is 5.75 Å². The number of nitrogens with zero attached hydrogens (tertiary/aromatic N) is 5. The van der Waals surface area contributed by atoms with Gasteiger partial charge in [0, 0.05) is 24.8 Å².